The number of nitrogens with zero attached hydrogens (tertiary/aromatic N) is 4. The third kappa shape index (κ3) is 5.82. The van der Waals surface area contributed by atoms with Crippen LogP contribution in [0.2, 0.25) is 0 Å². The Labute approximate surface area is 197 Å². The van der Waals surface area contributed by atoms with E-state index in [0.717, 1.165) is 25.9 Å². The molecule has 8 nitrogen and oxygen atoms in total. The number of nitrogens with one attached hydrogen (secondary N) is 1. The first-order chi connectivity index (χ1) is 15.4. The number of carbonyl (C=O) groups is 1. The van der Waals surface area contributed by atoms with E-state index in [2.05, 4.69) is 54.2 Å². The van der Waals surface area contributed by atoms with Gasteiger partial charge < -0.3 is 9.80 Å². The monoisotopic (exact) mass is 473 g/mol. The Morgan fingerprint density at radius 3 is 2.64 bits per heavy atom. The van der Waals surface area contributed by atoms with Gasteiger partial charge >= 0.3 is 0 Å². The summed E-state index contributed by atoms with van der Waals surface area (Å²) in [4.78, 5) is 25.8. The molecule has 1 amide bonds. The summed E-state index contributed by atoms with van der Waals surface area (Å²) < 4.78 is 28.2. The summed E-state index contributed by atoms with van der Waals surface area (Å²) in [5, 5.41) is -0.190. The van der Waals surface area contributed by atoms with Gasteiger partial charge in [0, 0.05) is 31.9 Å². The fraction of sp³-hybridized carbons (Fsp3) is 0.542. The highest BCUT2D eigenvalue weighted by Gasteiger charge is 2.39. The molecule has 1 fully saturated rings. The molecular weight excluding hydrogens is 438 g/mol. The largest absolute Gasteiger partial charge is 0.360 e. The standard InChI is InChI=1S/C24H35N5O3S/c1-17(2)12-14-28(6)20-10-7-11-21(26-20)33(31,32)27-23(30)19-9-8-13-25-22(19)29-16-18(3)15-24(29,4)5/h7-11,13,17-18H,12,14-16H2,1-6H3,(H,27,30). The van der Waals surface area contributed by atoms with Crippen molar-refractivity contribution in [1.82, 2.24) is 14.7 Å². The summed E-state index contributed by atoms with van der Waals surface area (Å²) in [6, 6.07) is 8.04. The average Bonchev–Trinajstić information content (AvgIpc) is 3.03. The first-order valence-corrected chi connectivity index (χ1v) is 12.9. The summed E-state index contributed by atoms with van der Waals surface area (Å²) in [5.41, 5.74) is 0.0476. The highest BCUT2D eigenvalue weighted by atomic mass is 32.2. The lowest BCUT2D eigenvalue weighted by Crippen LogP contribution is -2.41. The van der Waals surface area contributed by atoms with Crippen molar-refractivity contribution in [2.75, 3.05) is 29.9 Å². The van der Waals surface area contributed by atoms with Gasteiger partial charge in [-0.25, -0.2) is 14.7 Å². The van der Waals surface area contributed by atoms with E-state index < -0.39 is 15.9 Å². The predicted octanol–water partition coefficient (Wildman–Crippen LogP) is 3.70. The quantitative estimate of drug-likeness (QED) is 0.624. The van der Waals surface area contributed by atoms with E-state index in [1.165, 1.54) is 6.07 Å². The first-order valence-electron chi connectivity index (χ1n) is 11.4. The van der Waals surface area contributed by atoms with E-state index in [9.17, 15) is 13.2 Å². The van der Waals surface area contributed by atoms with Crippen molar-refractivity contribution in [3.63, 3.8) is 0 Å². The van der Waals surface area contributed by atoms with Crippen LogP contribution in [0.15, 0.2) is 41.6 Å². The molecule has 9 heteroatoms. The summed E-state index contributed by atoms with van der Waals surface area (Å²) in [7, 11) is -2.28. The number of hydrogen-bond acceptors (Lipinski definition) is 7. The molecule has 1 aliphatic rings. The number of amides is 1. The highest BCUT2D eigenvalue weighted by Crippen LogP contribution is 2.37. The number of rotatable bonds is 8. The van der Waals surface area contributed by atoms with Crippen LogP contribution in [-0.2, 0) is 10.0 Å². The topological polar surface area (TPSA) is 95.5 Å². The van der Waals surface area contributed by atoms with Crippen LogP contribution in [0.5, 0.6) is 0 Å². The lowest BCUT2D eigenvalue weighted by atomic mass is 9.97. The van der Waals surface area contributed by atoms with E-state index in [-0.39, 0.29) is 16.1 Å². The molecule has 1 aliphatic heterocycles. The molecule has 0 spiro atoms. The van der Waals surface area contributed by atoms with Crippen molar-refractivity contribution in [3.05, 3.63) is 42.1 Å². The van der Waals surface area contributed by atoms with Crippen molar-refractivity contribution in [3.8, 4) is 0 Å². The molecule has 2 aromatic heterocycles. The number of sulfonamides is 1. The van der Waals surface area contributed by atoms with Crippen LogP contribution in [0.4, 0.5) is 11.6 Å². The Bertz CT molecular complexity index is 1100. The lowest BCUT2D eigenvalue weighted by molar-refractivity contribution is 0.0981. The maximum Gasteiger partial charge on any atom is 0.281 e. The van der Waals surface area contributed by atoms with Gasteiger partial charge in [-0.3, -0.25) is 4.79 Å². The number of hydrogen-bond donors (Lipinski definition) is 1. The second kappa shape index (κ2) is 9.67. The van der Waals surface area contributed by atoms with Crippen molar-refractivity contribution < 1.29 is 13.2 Å². The van der Waals surface area contributed by atoms with Crippen LogP contribution in [0.25, 0.3) is 0 Å². The van der Waals surface area contributed by atoms with Gasteiger partial charge in [0.2, 0.25) is 0 Å². The summed E-state index contributed by atoms with van der Waals surface area (Å²) in [6.07, 6.45) is 3.54. The number of anilines is 2. The van der Waals surface area contributed by atoms with Crippen LogP contribution >= 0.6 is 0 Å². The summed E-state index contributed by atoms with van der Waals surface area (Å²) in [6.45, 7) is 12.1. The smallest absolute Gasteiger partial charge is 0.281 e. The van der Waals surface area contributed by atoms with Gasteiger partial charge in [0.05, 0.1) is 5.56 Å². The van der Waals surface area contributed by atoms with Gasteiger partial charge in [-0.2, -0.15) is 8.42 Å². The minimum atomic E-state index is -4.16. The Balaban J connectivity index is 1.84. The SMILES string of the molecule is CC(C)CCN(C)c1cccc(S(=O)(=O)NC(=O)c2cccnc2N2CC(C)CC2(C)C)n1. The second-order valence-corrected chi connectivity index (χ2v) is 11.6. The number of aromatic nitrogens is 2. The molecule has 33 heavy (non-hydrogen) atoms. The predicted molar refractivity (Wildman–Crippen MR) is 131 cm³/mol. The van der Waals surface area contributed by atoms with Crippen molar-refractivity contribution in [1.29, 1.82) is 0 Å². The maximum atomic E-state index is 13.1. The van der Waals surface area contributed by atoms with Gasteiger partial charge in [0.15, 0.2) is 5.03 Å². The zero-order valence-corrected chi connectivity index (χ0v) is 21.2. The van der Waals surface area contributed by atoms with E-state index >= 15 is 0 Å². The van der Waals surface area contributed by atoms with E-state index in [0.29, 0.717) is 23.5 Å². The minimum Gasteiger partial charge on any atom is -0.360 e. The Morgan fingerprint density at radius 2 is 2.00 bits per heavy atom. The second-order valence-electron chi connectivity index (χ2n) is 9.98. The normalized spacial score (nSPS) is 17.9. The zero-order chi connectivity index (χ0) is 24.4. The van der Waals surface area contributed by atoms with Crippen molar-refractivity contribution in [2.24, 2.45) is 11.8 Å². The Morgan fingerprint density at radius 1 is 1.27 bits per heavy atom. The fourth-order valence-electron chi connectivity index (χ4n) is 4.31. The number of pyridine rings is 2. The molecule has 1 atom stereocenters. The molecule has 1 saturated heterocycles. The van der Waals surface area contributed by atoms with E-state index in [4.69, 9.17) is 0 Å². The first kappa shape index (κ1) is 25.0. The molecule has 0 aromatic carbocycles. The van der Waals surface area contributed by atoms with Gasteiger partial charge in [-0.15, -0.1) is 0 Å². The molecule has 3 heterocycles. The molecule has 1 N–H and O–H groups in total. The molecule has 3 rings (SSSR count). The van der Waals surface area contributed by atoms with E-state index in [1.54, 1.807) is 30.5 Å². The van der Waals surface area contributed by atoms with Crippen LogP contribution in [0, 0.1) is 11.8 Å². The summed E-state index contributed by atoms with van der Waals surface area (Å²) >= 11 is 0. The average molecular weight is 474 g/mol. The third-order valence-corrected chi connectivity index (χ3v) is 7.24. The van der Waals surface area contributed by atoms with Gasteiger partial charge in [-0.1, -0.05) is 26.8 Å². The molecule has 0 saturated carbocycles. The summed E-state index contributed by atoms with van der Waals surface area (Å²) in [5.74, 6) is 1.29. The molecule has 2 aromatic rings. The Hall–Kier alpha value is -2.68. The van der Waals surface area contributed by atoms with Crippen LogP contribution in [0.1, 0.15) is 57.8 Å². The molecule has 1 unspecified atom stereocenters. The molecule has 0 bridgehead atoms. The van der Waals surface area contributed by atoms with Crippen LogP contribution in [-0.4, -0.2) is 50.0 Å². The van der Waals surface area contributed by atoms with E-state index in [1.807, 2.05) is 11.9 Å². The zero-order valence-electron chi connectivity index (χ0n) is 20.4. The lowest BCUT2D eigenvalue weighted by Gasteiger charge is -2.33. The van der Waals surface area contributed by atoms with Crippen LogP contribution in [0.3, 0.4) is 0 Å². The minimum absolute atomic E-state index is 0.182. The molecule has 0 aliphatic carbocycles. The molecule has 0 radical (unpaired) electrons. The van der Waals surface area contributed by atoms with Crippen molar-refractivity contribution >= 4 is 27.6 Å². The molecule has 180 valence electrons. The Kier molecular flexibility index (Phi) is 7.31. The van der Waals surface area contributed by atoms with Gasteiger partial charge in [0.1, 0.15) is 11.6 Å². The maximum absolute atomic E-state index is 13.1. The van der Waals surface area contributed by atoms with Gasteiger partial charge in [0.25, 0.3) is 15.9 Å². The van der Waals surface area contributed by atoms with Crippen LogP contribution < -0.4 is 14.5 Å². The van der Waals surface area contributed by atoms with Crippen molar-refractivity contribution in [2.45, 2.75) is 58.0 Å². The number of carbonyl (C=O) groups excluding carboxylic acids is 1. The molecular formula is C24H35N5O3S. The third-order valence-electron chi connectivity index (χ3n) is 6.00. The highest BCUT2D eigenvalue weighted by molar-refractivity contribution is 7.90. The fourth-order valence-corrected chi connectivity index (χ4v) is 5.24. The van der Waals surface area contributed by atoms with Gasteiger partial charge in [-0.05, 0) is 62.8 Å².